The highest BCUT2D eigenvalue weighted by Gasteiger charge is 2.35. The number of fused-ring (bicyclic) bond motifs is 2. The average molecular weight is 467 g/mol. The predicted octanol–water partition coefficient (Wildman–Crippen LogP) is 4.07. The first kappa shape index (κ1) is 20.1. The Balaban J connectivity index is 1.58. The van der Waals surface area contributed by atoms with Gasteiger partial charge < -0.3 is 0 Å². The molecular formula is C23H16Cl2N4OS. The Morgan fingerprint density at radius 2 is 1.65 bits per heavy atom. The number of halogens is 2. The Kier molecular flexibility index (Phi) is 5.44. The van der Waals surface area contributed by atoms with Crippen LogP contribution in [0.25, 0.3) is 5.70 Å². The highest BCUT2D eigenvalue weighted by atomic mass is 35.5. The summed E-state index contributed by atoms with van der Waals surface area (Å²) in [6.07, 6.45) is -0.541. The Labute approximate surface area is 193 Å². The van der Waals surface area contributed by atoms with Crippen molar-refractivity contribution in [2.75, 3.05) is 0 Å². The SMILES string of the molecule is O=C1NC(SCc2ccccc2Cl)=NN2C1=c1ccccc1=N[C@@H]2c1ccccc1Cl. The molecule has 0 bridgehead atoms. The van der Waals surface area contributed by atoms with E-state index in [-0.39, 0.29) is 5.91 Å². The van der Waals surface area contributed by atoms with Gasteiger partial charge in [0.2, 0.25) is 0 Å². The van der Waals surface area contributed by atoms with Crippen LogP contribution in [0, 0.1) is 0 Å². The zero-order valence-electron chi connectivity index (χ0n) is 16.1. The number of hydrazone groups is 1. The van der Waals surface area contributed by atoms with Gasteiger partial charge in [0.1, 0.15) is 5.70 Å². The molecule has 0 aliphatic carbocycles. The molecule has 0 aromatic heterocycles. The fourth-order valence-corrected chi connectivity index (χ4v) is 4.91. The lowest BCUT2D eigenvalue weighted by atomic mass is 10.1. The maximum atomic E-state index is 13.2. The van der Waals surface area contributed by atoms with Crippen LogP contribution in [-0.2, 0) is 10.5 Å². The molecule has 5 nitrogen and oxygen atoms in total. The summed E-state index contributed by atoms with van der Waals surface area (Å²) in [5.41, 5.74) is 2.21. The van der Waals surface area contributed by atoms with Crippen molar-refractivity contribution in [3.63, 3.8) is 0 Å². The average Bonchev–Trinajstić information content (AvgIpc) is 2.78. The molecule has 3 aromatic carbocycles. The molecule has 2 aliphatic heterocycles. The molecule has 1 N–H and O–H groups in total. The fourth-order valence-electron chi connectivity index (χ4n) is 3.54. The number of carbonyl (C=O) groups is 1. The van der Waals surface area contributed by atoms with Gasteiger partial charge in [-0.1, -0.05) is 89.6 Å². The summed E-state index contributed by atoms with van der Waals surface area (Å²) in [7, 11) is 0. The second-order valence-corrected chi connectivity index (χ2v) is 8.75. The van der Waals surface area contributed by atoms with Crippen molar-refractivity contribution in [1.82, 2.24) is 10.3 Å². The number of amidine groups is 1. The first-order valence-electron chi connectivity index (χ1n) is 9.59. The van der Waals surface area contributed by atoms with E-state index >= 15 is 0 Å². The van der Waals surface area contributed by atoms with E-state index in [9.17, 15) is 4.79 Å². The molecule has 5 rings (SSSR count). The van der Waals surface area contributed by atoms with Gasteiger partial charge in [-0.2, -0.15) is 0 Å². The van der Waals surface area contributed by atoms with Gasteiger partial charge >= 0.3 is 0 Å². The smallest absolute Gasteiger partial charge is 0.276 e. The number of rotatable bonds is 3. The summed E-state index contributed by atoms with van der Waals surface area (Å²) in [4.78, 5) is 18.0. The number of nitrogens with zero attached hydrogens (tertiary/aromatic N) is 3. The first-order valence-corrected chi connectivity index (χ1v) is 11.3. The molecule has 1 atom stereocenters. The standard InChI is InChI=1S/C23H16Cl2N4OS/c24-17-10-4-1-7-14(17)13-31-23-27-22(30)20-16-9-3-6-12-19(16)26-21(29(20)28-23)15-8-2-5-11-18(15)25/h1-12,21H,13H2,(H,27,28,30)/t21-/m0/s1. The van der Waals surface area contributed by atoms with Crippen molar-refractivity contribution in [1.29, 1.82) is 0 Å². The van der Waals surface area contributed by atoms with Crippen LogP contribution in [0.15, 0.2) is 82.9 Å². The van der Waals surface area contributed by atoms with Gasteiger partial charge in [-0.05, 0) is 23.8 Å². The lowest BCUT2D eigenvalue weighted by Gasteiger charge is -2.34. The molecule has 8 heteroatoms. The van der Waals surface area contributed by atoms with E-state index in [0.29, 0.717) is 26.7 Å². The minimum atomic E-state index is -0.541. The number of thioether (sulfide) groups is 1. The van der Waals surface area contributed by atoms with Crippen LogP contribution in [0.3, 0.4) is 0 Å². The largest absolute Gasteiger partial charge is 0.298 e. The van der Waals surface area contributed by atoms with Gasteiger partial charge in [-0.25, -0.2) is 5.01 Å². The topological polar surface area (TPSA) is 57.1 Å². The Morgan fingerprint density at radius 1 is 0.935 bits per heavy atom. The van der Waals surface area contributed by atoms with Gasteiger partial charge in [-0.15, -0.1) is 5.10 Å². The van der Waals surface area contributed by atoms with E-state index in [1.54, 1.807) is 5.01 Å². The van der Waals surface area contributed by atoms with E-state index in [1.165, 1.54) is 11.8 Å². The molecule has 154 valence electrons. The number of benzene rings is 3. The van der Waals surface area contributed by atoms with Crippen molar-refractivity contribution in [2.24, 2.45) is 10.1 Å². The van der Waals surface area contributed by atoms with E-state index in [0.717, 1.165) is 21.7 Å². The molecule has 3 aromatic rings. The minimum Gasteiger partial charge on any atom is -0.298 e. The first-order chi connectivity index (χ1) is 15.1. The van der Waals surface area contributed by atoms with Crippen LogP contribution in [0.5, 0.6) is 0 Å². The molecular weight excluding hydrogens is 451 g/mol. The van der Waals surface area contributed by atoms with Crippen LogP contribution >= 0.6 is 35.0 Å². The molecule has 2 heterocycles. The van der Waals surface area contributed by atoms with E-state index in [1.807, 2.05) is 72.8 Å². The van der Waals surface area contributed by atoms with Crippen molar-refractivity contribution >= 4 is 51.7 Å². The molecule has 0 saturated heterocycles. The van der Waals surface area contributed by atoms with E-state index in [2.05, 4.69) is 5.32 Å². The number of nitrogens with one attached hydrogen (secondary N) is 1. The fraction of sp³-hybridized carbons (Fsp3) is 0.0870. The third-order valence-electron chi connectivity index (χ3n) is 5.02. The summed E-state index contributed by atoms with van der Waals surface area (Å²) >= 11 is 14.2. The Morgan fingerprint density at radius 3 is 2.45 bits per heavy atom. The Bertz CT molecular complexity index is 1340. The van der Waals surface area contributed by atoms with Crippen molar-refractivity contribution < 1.29 is 4.79 Å². The molecule has 2 aliphatic rings. The maximum Gasteiger partial charge on any atom is 0.276 e. The van der Waals surface area contributed by atoms with Gasteiger partial charge in [0.25, 0.3) is 5.91 Å². The zero-order valence-corrected chi connectivity index (χ0v) is 18.5. The lowest BCUT2D eigenvalue weighted by molar-refractivity contribution is -0.116. The molecule has 1 amide bonds. The molecule has 0 saturated carbocycles. The van der Waals surface area contributed by atoms with Crippen LogP contribution in [0.2, 0.25) is 10.0 Å². The maximum absolute atomic E-state index is 13.2. The summed E-state index contributed by atoms with van der Waals surface area (Å²) < 4.78 is 0. The zero-order chi connectivity index (χ0) is 21.4. The normalized spacial score (nSPS) is 17.3. The van der Waals surface area contributed by atoms with E-state index in [4.69, 9.17) is 33.3 Å². The lowest BCUT2D eigenvalue weighted by Crippen LogP contribution is -2.50. The minimum absolute atomic E-state index is 0.226. The van der Waals surface area contributed by atoms with Crippen LogP contribution < -0.4 is 15.9 Å². The van der Waals surface area contributed by atoms with Gasteiger partial charge in [0.05, 0.1) is 5.36 Å². The van der Waals surface area contributed by atoms with Crippen molar-refractivity contribution in [3.8, 4) is 0 Å². The second kappa shape index (κ2) is 8.38. The highest BCUT2D eigenvalue weighted by Crippen LogP contribution is 2.34. The summed E-state index contributed by atoms with van der Waals surface area (Å²) in [5.74, 6) is 0.350. The quantitative estimate of drug-likeness (QED) is 0.632. The number of hydrogen-bond donors (Lipinski definition) is 1. The Hall–Kier alpha value is -2.80. The summed E-state index contributed by atoms with van der Waals surface area (Å²) in [5, 5.41) is 12.5. The van der Waals surface area contributed by atoms with E-state index < -0.39 is 6.17 Å². The summed E-state index contributed by atoms with van der Waals surface area (Å²) in [6, 6.07) is 22.7. The number of para-hydroxylation sites is 1. The predicted molar refractivity (Wildman–Crippen MR) is 125 cm³/mol. The van der Waals surface area contributed by atoms with Gasteiger partial charge in [0.15, 0.2) is 11.3 Å². The third-order valence-corrected chi connectivity index (χ3v) is 6.65. The highest BCUT2D eigenvalue weighted by molar-refractivity contribution is 8.13. The van der Waals surface area contributed by atoms with Crippen LogP contribution in [0.4, 0.5) is 0 Å². The number of amides is 1. The third kappa shape index (κ3) is 3.83. The molecule has 0 radical (unpaired) electrons. The number of hydrogen-bond acceptors (Lipinski definition) is 5. The van der Waals surface area contributed by atoms with Crippen molar-refractivity contribution in [2.45, 2.75) is 11.9 Å². The molecule has 0 unspecified atom stereocenters. The van der Waals surface area contributed by atoms with Gasteiger partial charge in [-0.3, -0.25) is 15.1 Å². The van der Waals surface area contributed by atoms with Crippen molar-refractivity contribution in [3.05, 3.63) is 105 Å². The second-order valence-electron chi connectivity index (χ2n) is 6.97. The molecule has 0 spiro atoms. The summed E-state index contributed by atoms with van der Waals surface area (Å²) in [6.45, 7) is 0. The molecule has 31 heavy (non-hydrogen) atoms. The van der Waals surface area contributed by atoms with Gasteiger partial charge in [0, 0.05) is 26.6 Å². The monoisotopic (exact) mass is 466 g/mol. The molecule has 0 fully saturated rings. The number of carbonyl (C=O) groups excluding carboxylic acids is 1. The van der Waals surface area contributed by atoms with Crippen LogP contribution in [-0.4, -0.2) is 16.1 Å². The van der Waals surface area contributed by atoms with Crippen LogP contribution in [0.1, 0.15) is 17.3 Å².